The number of anilines is 1. The number of hydrogen-bond acceptors (Lipinski definition) is 4. The van der Waals surface area contributed by atoms with E-state index >= 15 is 0 Å². The van der Waals surface area contributed by atoms with Gasteiger partial charge in [0.05, 0.1) is 11.3 Å². The van der Waals surface area contributed by atoms with E-state index in [0.29, 0.717) is 24.4 Å². The van der Waals surface area contributed by atoms with Gasteiger partial charge in [0.15, 0.2) is 0 Å². The van der Waals surface area contributed by atoms with Crippen LogP contribution in [0, 0.1) is 6.92 Å². The van der Waals surface area contributed by atoms with Crippen molar-refractivity contribution in [3.8, 4) is 0 Å². The van der Waals surface area contributed by atoms with Crippen molar-refractivity contribution in [3.05, 3.63) is 88.5 Å². The lowest BCUT2D eigenvalue weighted by molar-refractivity contribution is 0.0949. The molecule has 0 fully saturated rings. The summed E-state index contributed by atoms with van der Waals surface area (Å²) in [6.45, 7) is 6.29. The molecule has 29 heavy (non-hydrogen) atoms. The maximum atomic E-state index is 12.5. The van der Waals surface area contributed by atoms with Crippen LogP contribution in [-0.4, -0.2) is 22.4 Å². The Bertz CT molecular complexity index is 1010. The number of aromatic nitrogens is 2. The molecule has 0 saturated carbocycles. The number of carbonyl (C=O) groups excluding carboxylic acids is 1. The SMILES string of the molecule is CCc1nc(C)ncc1C(=O)NCc1ccc(CN2CCc3ccccc32)cc1. The monoisotopic (exact) mass is 386 g/mol. The molecule has 5 nitrogen and oxygen atoms in total. The van der Waals surface area contributed by atoms with E-state index in [9.17, 15) is 4.79 Å². The molecule has 1 N–H and O–H groups in total. The number of carbonyl (C=O) groups is 1. The first kappa shape index (κ1) is 19.1. The number of para-hydroxylation sites is 1. The molecule has 0 radical (unpaired) electrons. The Kier molecular flexibility index (Phi) is 5.56. The zero-order valence-electron chi connectivity index (χ0n) is 17.0. The van der Waals surface area contributed by atoms with Crippen molar-refractivity contribution in [3.63, 3.8) is 0 Å². The number of nitrogens with one attached hydrogen (secondary N) is 1. The molecular weight excluding hydrogens is 360 g/mol. The Morgan fingerprint density at radius 2 is 1.86 bits per heavy atom. The number of rotatable bonds is 6. The van der Waals surface area contributed by atoms with Gasteiger partial charge in [0.2, 0.25) is 0 Å². The molecule has 5 heteroatoms. The zero-order chi connectivity index (χ0) is 20.2. The first-order valence-corrected chi connectivity index (χ1v) is 10.2. The Labute approximate surface area is 171 Å². The first-order chi connectivity index (χ1) is 14.1. The fourth-order valence-electron chi connectivity index (χ4n) is 3.81. The van der Waals surface area contributed by atoms with E-state index in [1.807, 2.05) is 13.8 Å². The zero-order valence-corrected chi connectivity index (χ0v) is 17.0. The standard InChI is InChI=1S/C24H26N4O/c1-3-22-21(15-25-17(2)27-22)24(29)26-14-18-8-10-19(11-9-18)16-28-13-12-20-6-4-5-7-23(20)28/h4-11,15H,3,12-14,16H2,1-2H3,(H,26,29). The lowest BCUT2D eigenvalue weighted by atomic mass is 10.1. The molecule has 2 aromatic carbocycles. The average Bonchev–Trinajstić information content (AvgIpc) is 3.16. The van der Waals surface area contributed by atoms with Crippen LogP contribution in [0.5, 0.6) is 0 Å². The van der Waals surface area contributed by atoms with Crippen molar-refractivity contribution >= 4 is 11.6 Å². The number of hydrogen-bond donors (Lipinski definition) is 1. The lowest BCUT2D eigenvalue weighted by Gasteiger charge is -2.19. The fourth-order valence-corrected chi connectivity index (χ4v) is 3.81. The summed E-state index contributed by atoms with van der Waals surface area (Å²) in [6, 6.07) is 17.1. The van der Waals surface area contributed by atoms with Crippen molar-refractivity contribution in [2.45, 2.75) is 39.8 Å². The molecule has 0 unspecified atom stereocenters. The molecule has 0 bridgehead atoms. The summed E-state index contributed by atoms with van der Waals surface area (Å²) < 4.78 is 0. The van der Waals surface area contributed by atoms with Gasteiger partial charge in [0.1, 0.15) is 5.82 Å². The van der Waals surface area contributed by atoms with Crippen molar-refractivity contribution in [1.29, 1.82) is 0 Å². The summed E-state index contributed by atoms with van der Waals surface area (Å²) in [4.78, 5) is 23.5. The summed E-state index contributed by atoms with van der Waals surface area (Å²) in [5.74, 6) is 0.564. The summed E-state index contributed by atoms with van der Waals surface area (Å²) in [5.41, 5.74) is 6.47. The van der Waals surface area contributed by atoms with Crippen LogP contribution >= 0.6 is 0 Å². The number of fused-ring (bicyclic) bond motifs is 1. The van der Waals surface area contributed by atoms with Crippen LogP contribution in [0.1, 0.15) is 45.5 Å². The Hall–Kier alpha value is -3.21. The van der Waals surface area contributed by atoms with E-state index < -0.39 is 0 Å². The van der Waals surface area contributed by atoms with Crippen LogP contribution in [0.2, 0.25) is 0 Å². The summed E-state index contributed by atoms with van der Waals surface area (Å²) in [5, 5.41) is 2.99. The van der Waals surface area contributed by atoms with Gasteiger partial charge >= 0.3 is 0 Å². The predicted octanol–water partition coefficient (Wildman–Crippen LogP) is 3.84. The Morgan fingerprint density at radius 1 is 1.10 bits per heavy atom. The molecular formula is C24H26N4O. The first-order valence-electron chi connectivity index (χ1n) is 10.2. The molecule has 1 aliphatic rings. The largest absolute Gasteiger partial charge is 0.367 e. The van der Waals surface area contributed by atoms with Crippen LogP contribution < -0.4 is 10.2 Å². The molecule has 148 valence electrons. The van der Waals surface area contributed by atoms with E-state index in [4.69, 9.17) is 0 Å². The molecule has 1 amide bonds. The quantitative estimate of drug-likeness (QED) is 0.699. The maximum absolute atomic E-state index is 12.5. The Morgan fingerprint density at radius 3 is 2.66 bits per heavy atom. The number of nitrogens with zero attached hydrogens (tertiary/aromatic N) is 3. The van der Waals surface area contributed by atoms with E-state index in [-0.39, 0.29) is 5.91 Å². The van der Waals surface area contributed by atoms with Gasteiger partial charge in [-0.3, -0.25) is 4.79 Å². The highest BCUT2D eigenvalue weighted by atomic mass is 16.1. The van der Waals surface area contributed by atoms with Gasteiger partial charge in [-0.1, -0.05) is 49.4 Å². The molecule has 0 aliphatic carbocycles. The van der Waals surface area contributed by atoms with Crippen LogP contribution in [0.4, 0.5) is 5.69 Å². The van der Waals surface area contributed by atoms with E-state index in [1.54, 1.807) is 6.20 Å². The Balaban J connectivity index is 1.36. The van der Waals surface area contributed by atoms with Crippen molar-refractivity contribution in [2.24, 2.45) is 0 Å². The van der Waals surface area contributed by atoms with Crippen LogP contribution in [0.3, 0.4) is 0 Å². The minimum absolute atomic E-state index is 0.125. The topological polar surface area (TPSA) is 58.1 Å². The minimum Gasteiger partial charge on any atom is -0.367 e. The second kappa shape index (κ2) is 8.43. The van der Waals surface area contributed by atoms with Crippen LogP contribution in [0.25, 0.3) is 0 Å². The second-order valence-corrected chi connectivity index (χ2v) is 7.43. The highest BCUT2D eigenvalue weighted by molar-refractivity contribution is 5.94. The van der Waals surface area contributed by atoms with E-state index in [2.05, 4.69) is 68.7 Å². The normalized spacial score (nSPS) is 12.7. The van der Waals surface area contributed by atoms with Gasteiger partial charge in [-0.15, -0.1) is 0 Å². The van der Waals surface area contributed by atoms with Gasteiger partial charge in [0.25, 0.3) is 5.91 Å². The molecule has 3 aromatic rings. The number of amides is 1. The second-order valence-electron chi connectivity index (χ2n) is 7.43. The fraction of sp³-hybridized carbons (Fsp3) is 0.292. The molecule has 1 aromatic heterocycles. The highest BCUT2D eigenvalue weighted by Crippen LogP contribution is 2.28. The van der Waals surface area contributed by atoms with Crippen LogP contribution in [-0.2, 0) is 25.9 Å². The summed E-state index contributed by atoms with van der Waals surface area (Å²) >= 11 is 0. The molecule has 4 rings (SSSR count). The predicted molar refractivity (Wildman–Crippen MR) is 115 cm³/mol. The minimum atomic E-state index is -0.125. The van der Waals surface area contributed by atoms with E-state index in [1.165, 1.54) is 16.8 Å². The lowest BCUT2D eigenvalue weighted by Crippen LogP contribution is -2.25. The third-order valence-corrected chi connectivity index (χ3v) is 5.40. The van der Waals surface area contributed by atoms with Gasteiger partial charge in [0, 0.05) is 31.5 Å². The summed E-state index contributed by atoms with van der Waals surface area (Å²) in [7, 11) is 0. The molecule has 0 spiro atoms. The summed E-state index contributed by atoms with van der Waals surface area (Å²) in [6.07, 6.45) is 3.44. The molecule has 0 saturated heterocycles. The third kappa shape index (κ3) is 4.29. The molecule has 2 heterocycles. The van der Waals surface area contributed by atoms with Crippen LogP contribution in [0.15, 0.2) is 54.7 Å². The van der Waals surface area contributed by atoms with Crippen molar-refractivity contribution in [1.82, 2.24) is 15.3 Å². The van der Waals surface area contributed by atoms with Crippen molar-refractivity contribution in [2.75, 3.05) is 11.4 Å². The van der Waals surface area contributed by atoms with Gasteiger partial charge in [-0.2, -0.15) is 0 Å². The number of benzene rings is 2. The van der Waals surface area contributed by atoms with Gasteiger partial charge < -0.3 is 10.2 Å². The molecule has 0 atom stereocenters. The highest BCUT2D eigenvalue weighted by Gasteiger charge is 2.18. The van der Waals surface area contributed by atoms with Gasteiger partial charge in [-0.05, 0) is 42.5 Å². The maximum Gasteiger partial charge on any atom is 0.254 e. The third-order valence-electron chi connectivity index (χ3n) is 5.40. The van der Waals surface area contributed by atoms with Gasteiger partial charge in [-0.25, -0.2) is 9.97 Å². The smallest absolute Gasteiger partial charge is 0.254 e. The average molecular weight is 386 g/mol. The van der Waals surface area contributed by atoms with E-state index in [0.717, 1.165) is 30.8 Å². The number of aryl methyl sites for hydroxylation is 2. The van der Waals surface area contributed by atoms with Crippen molar-refractivity contribution < 1.29 is 4.79 Å². The molecule has 1 aliphatic heterocycles.